The zero-order chi connectivity index (χ0) is 18.6. The van der Waals surface area contributed by atoms with Crippen LogP contribution < -0.4 is 4.72 Å². The van der Waals surface area contributed by atoms with Gasteiger partial charge in [-0.3, -0.25) is 0 Å². The second kappa shape index (κ2) is 7.62. The molecule has 3 aromatic rings. The minimum atomic E-state index is -3.65. The molecule has 0 aliphatic heterocycles. The molecule has 1 atom stereocenters. The average molecular weight is 382 g/mol. The Morgan fingerprint density at radius 1 is 1.00 bits per heavy atom. The van der Waals surface area contributed by atoms with Crippen molar-refractivity contribution in [1.29, 1.82) is 5.26 Å². The van der Waals surface area contributed by atoms with Crippen LogP contribution in [0.25, 0.3) is 10.8 Å². The molecular formula is C19H14N2O3S2. The molecule has 7 heteroatoms. The van der Waals surface area contributed by atoms with E-state index in [2.05, 4.69) is 4.72 Å². The van der Waals surface area contributed by atoms with E-state index in [9.17, 15) is 13.0 Å². The first-order valence-electron chi connectivity index (χ1n) is 7.58. The first-order valence-corrected chi connectivity index (χ1v) is 10.3. The summed E-state index contributed by atoms with van der Waals surface area (Å²) in [5.41, 5.74) is 0.528. The summed E-state index contributed by atoms with van der Waals surface area (Å²) in [6, 6.07) is 20.9. The lowest BCUT2D eigenvalue weighted by molar-refractivity contribution is 0.600. The fourth-order valence-electron chi connectivity index (χ4n) is 2.36. The molecule has 0 aliphatic carbocycles. The molecule has 0 spiro atoms. The molecule has 0 heterocycles. The van der Waals surface area contributed by atoms with E-state index in [1.54, 1.807) is 12.1 Å². The lowest BCUT2D eigenvalue weighted by atomic mass is 10.1. The Morgan fingerprint density at radius 3 is 2.38 bits per heavy atom. The quantitative estimate of drug-likeness (QED) is 0.535. The summed E-state index contributed by atoms with van der Waals surface area (Å²) in [5.74, 6) is 0. The zero-order valence-electron chi connectivity index (χ0n) is 13.5. The Labute approximate surface area is 154 Å². The highest BCUT2D eigenvalue weighted by Gasteiger charge is 2.14. The summed E-state index contributed by atoms with van der Waals surface area (Å²) in [5, 5.41) is 11.4. The average Bonchev–Trinajstić information content (AvgIpc) is 2.66. The van der Waals surface area contributed by atoms with Gasteiger partial charge in [0, 0.05) is 17.6 Å². The van der Waals surface area contributed by atoms with Crippen LogP contribution in [-0.2, 0) is 21.2 Å². The van der Waals surface area contributed by atoms with Crippen molar-refractivity contribution in [2.24, 2.45) is 0 Å². The second-order valence-electron chi connectivity index (χ2n) is 5.38. The van der Waals surface area contributed by atoms with Crippen molar-refractivity contribution in [1.82, 2.24) is 0 Å². The van der Waals surface area contributed by atoms with Gasteiger partial charge in [-0.1, -0.05) is 24.3 Å². The maximum atomic E-state index is 12.5. The Hall–Kier alpha value is -2.79. The van der Waals surface area contributed by atoms with Gasteiger partial charge in [-0.2, -0.15) is 5.26 Å². The normalized spacial score (nSPS) is 12.8. The van der Waals surface area contributed by atoms with Crippen LogP contribution in [0, 0.1) is 11.3 Å². The van der Waals surface area contributed by atoms with E-state index in [-0.39, 0.29) is 4.90 Å². The summed E-state index contributed by atoms with van der Waals surface area (Å²) < 4.78 is 39.3. The van der Waals surface area contributed by atoms with Crippen molar-refractivity contribution < 1.29 is 13.0 Å². The molecule has 0 amide bonds. The van der Waals surface area contributed by atoms with Crippen molar-refractivity contribution >= 4 is 37.7 Å². The minimum Gasteiger partial charge on any atom is -0.588 e. The van der Waals surface area contributed by atoms with E-state index in [4.69, 9.17) is 5.26 Å². The number of anilines is 1. The highest BCUT2D eigenvalue weighted by Crippen LogP contribution is 2.22. The van der Waals surface area contributed by atoms with Gasteiger partial charge >= 0.3 is 0 Å². The number of sulfone groups is 1. The smallest absolute Gasteiger partial charge is 0.200 e. The van der Waals surface area contributed by atoms with Crippen LogP contribution in [0.2, 0.25) is 0 Å². The third kappa shape index (κ3) is 4.06. The molecule has 0 bridgehead atoms. The van der Waals surface area contributed by atoms with Crippen LogP contribution in [0.1, 0.15) is 0 Å². The monoisotopic (exact) mass is 382 g/mol. The number of nitriles is 1. The summed E-state index contributed by atoms with van der Waals surface area (Å²) in [7, 11) is -3.65. The molecule has 0 aromatic heterocycles. The van der Waals surface area contributed by atoms with Crippen LogP contribution in [-0.4, -0.2) is 13.0 Å². The van der Waals surface area contributed by atoms with Gasteiger partial charge in [0.15, 0.2) is 4.90 Å². The van der Waals surface area contributed by atoms with Crippen LogP contribution in [0.15, 0.2) is 88.0 Å². The molecule has 0 saturated carbocycles. The second-order valence-corrected chi connectivity index (χ2v) is 8.43. The van der Waals surface area contributed by atoms with E-state index in [1.807, 2.05) is 36.4 Å². The van der Waals surface area contributed by atoms with Crippen molar-refractivity contribution in [3.05, 3.63) is 78.2 Å². The maximum Gasteiger partial charge on any atom is 0.200 e. The van der Waals surface area contributed by atoms with Gasteiger partial charge in [-0.25, -0.2) is 13.1 Å². The third-order valence-electron chi connectivity index (χ3n) is 3.65. The molecule has 26 heavy (non-hydrogen) atoms. The molecule has 0 saturated heterocycles. The Bertz CT molecular complexity index is 1100. The molecule has 0 radical (unpaired) electrons. The first kappa shape index (κ1) is 18.0. The highest BCUT2D eigenvalue weighted by molar-refractivity contribution is 7.94. The fraction of sp³-hybridized carbons (Fsp3) is 0. The van der Waals surface area contributed by atoms with Crippen LogP contribution in [0.4, 0.5) is 5.69 Å². The lowest BCUT2D eigenvalue weighted by Crippen LogP contribution is -2.13. The molecule has 130 valence electrons. The Balaban J connectivity index is 1.78. The molecule has 5 nitrogen and oxygen atoms in total. The number of rotatable bonds is 5. The van der Waals surface area contributed by atoms with E-state index in [0.717, 1.165) is 22.3 Å². The molecule has 3 rings (SSSR count). The number of allylic oxidation sites excluding steroid dienone is 1. The third-order valence-corrected chi connectivity index (χ3v) is 6.18. The summed E-state index contributed by atoms with van der Waals surface area (Å²) in [6.45, 7) is 0. The van der Waals surface area contributed by atoms with Gasteiger partial charge in [0.05, 0.1) is 16.7 Å². The molecule has 0 fully saturated rings. The number of benzene rings is 3. The summed E-state index contributed by atoms with van der Waals surface area (Å²) in [6.07, 6.45) is 0.913. The first-order chi connectivity index (χ1) is 12.5. The zero-order valence-corrected chi connectivity index (χ0v) is 15.1. The number of hydrogen-bond donors (Lipinski definition) is 1. The van der Waals surface area contributed by atoms with Gasteiger partial charge in [-0.05, 0) is 47.2 Å². The number of nitrogens with zero attached hydrogens (tertiary/aromatic N) is 1. The molecule has 3 aromatic carbocycles. The Kier molecular flexibility index (Phi) is 5.28. The van der Waals surface area contributed by atoms with Gasteiger partial charge in [0.25, 0.3) is 0 Å². The van der Waals surface area contributed by atoms with Crippen molar-refractivity contribution in [3.8, 4) is 6.07 Å². The van der Waals surface area contributed by atoms with Gasteiger partial charge in [0.1, 0.15) is 11.4 Å². The van der Waals surface area contributed by atoms with E-state index in [1.165, 1.54) is 24.3 Å². The standard InChI is InChI=1S/C19H14N2O3S2/c20-12-3-13-26(23,24)19-10-7-17(8-11-19)21-25(22)18-9-6-15-4-1-2-5-16(15)14-18/h1-11,13-14,21H. The predicted molar refractivity (Wildman–Crippen MR) is 102 cm³/mol. The number of hydrogen-bond acceptors (Lipinski definition) is 5. The van der Waals surface area contributed by atoms with Crippen molar-refractivity contribution in [3.63, 3.8) is 0 Å². The van der Waals surface area contributed by atoms with Crippen LogP contribution in [0.3, 0.4) is 0 Å². The largest absolute Gasteiger partial charge is 0.588 e. The lowest BCUT2D eigenvalue weighted by Gasteiger charge is -2.12. The highest BCUT2D eigenvalue weighted by atomic mass is 32.2. The molecule has 1 unspecified atom stereocenters. The maximum absolute atomic E-state index is 12.5. The van der Waals surface area contributed by atoms with E-state index in [0.29, 0.717) is 10.6 Å². The number of nitrogens with one attached hydrogen (secondary N) is 1. The number of fused-ring (bicyclic) bond motifs is 1. The molecular weight excluding hydrogens is 368 g/mol. The summed E-state index contributed by atoms with van der Waals surface area (Å²) >= 11 is -1.48. The fourth-order valence-corrected chi connectivity index (χ4v) is 4.17. The van der Waals surface area contributed by atoms with Gasteiger partial charge in [-0.15, -0.1) is 0 Å². The van der Waals surface area contributed by atoms with Crippen LogP contribution >= 0.6 is 0 Å². The SMILES string of the molecule is N#CC=CS(=O)(=O)c1ccc(N[S+]([O-])c2ccc3ccccc3c2)cc1. The van der Waals surface area contributed by atoms with E-state index < -0.39 is 21.2 Å². The van der Waals surface area contributed by atoms with Crippen molar-refractivity contribution in [2.45, 2.75) is 9.79 Å². The predicted octanol–water partition coefficient (Wildman–Crippen LogP) is 3.79. The Morgan fingerprint density at radius 2 is 1.69 bits per heavy atom. The van der Waals surface area contributed by atoms with Crippen LogP contribution in [0.5, 0.6) is 0 Å². The van der Waals surface area contributed by atoms with E-state index >= 15 is 0 Å². The van der Waals surface area contributed by atoms with Gasteiger partial charge < -0.3 is 4.55 Å². The topological polar surface area (TPSA) is 93.0 Å². The minimum absolute atomic E-state index is 0.0611. The molecule has 0 aliphatic rings. The summed E-state index contributed by atoms with van der Waals surface area (Å²) in [4.78, 5) is 0.684. The molecule has 1 N–H and O–H groups in total. The van der Waals surface area contributed by atoms with Crippen molar-refractivity contribution in [2.75, 3.05) is 4.72 Å². The van der Waals surface area contributed by atoms with Gasteiger partial charge in [0.2, 0.25) is 9.84 Å².